The van der Waals surface area contributed by atoms with Crippen molar-refractivity contribution in [3.63, 3.8) is 0 Å². The van der Waals surface area contributed by atoms with Crippen LogP contribution < -0.4 is 10.8 Å². The number of aromatic nitrogens is 2. The lowest BCUT2D eigenvalue weighted by Gasteiger charge is -2.15. The second-order valence-corrected chi connectivity index (χ2v) is 2.82. The van der Waals surface area contributed by atoms with Gasteiger partial charge in [-0.15, -0.1) is 0 Å². The van der Waals surface area contributed by atoms with Gasteiger partial charge < -0.3 is 15.4 Å². The first-order chi connectivity index (χ1) is 5.79. The van der Waals surface area contributed by atoms with Crippen molar-refractivity contribution < 1.29 is 10.0 Å². The van der Waals surface area contributed by atoms with Crippen LogP contribution in [0.25, 0.3) is 0 Å². The number of nitrogens with one attached hydrogen (secondary N) is 1. The summed E-state index contributed by atoms with van der Waals surface area (Å²) in [5, 5.41) is 25.1. The van der Waals surface area contributed by atoms with Crippen LogP contribution >= 0.6 is 0 Å². The van der Waals surface area contributed by atoms with E-state index >= 15 is 0 Å². The van der Waals surface area contributed by atoms with E-state index in [1.165, 1.54) is 6.20 Å². The van der Waals surface area contributed by atoms with E-state index in [-0.39, 0.29) is 0 Å². The molecule has 0 fully saturated rings. The normalized spacial score (nSPS) is 15.8. The maximum absolute atomic E-state index is 8.94. The molecule has 0 radical (unpaired) electrons. The summed E-state index contributed by atoms with van der Waals surface area (Å²) in [5.74, 6) is 0. The Bertz CT molecular complexity index is 286. The van der Waals surface area contributed by atoms with Crippen LogP contribution in [0.4, 0.5) is 0 Å². The van der Waals surface area contributed by atoms with Crippen LogP contribution in [0.5, 0.6) is 0 Å². The second kappa shape index (κ2) is 2.89. The Kier molecular flexibility index (Phi) is 1.88. The number of fused-ring (bicyclic) bond motifs is 1. The number of hydrogen-bond donors (Lipinski definition) is 3. The zero-order chi connectivity index (χ0) is 8.55. The summed E-state index contributed by atoms with van der Waals surface area (Å²) >= 11 is 0. The Labute approximate surface area is 70.2 Å². The van der Waals surface area contributed by atoms with Gasteiger partial charge in [0.25, 0.3) is 0 Å². The minimum atomic E-state index is -1.41. The van der Waals surface area contributed by atoms with Crippen LogP contribution in [0, 0.1) is 0 Å². The van der Waals surface area contributed by atoms with Crippen LogP contribution in [-0.4, -0.2) is 33.5 Å². The minimum Gasteiger partial charge on any atom is -0.423 e. The Morgan fingerprint density at radius 2 is 2.42 bits per heavy atom. The quantitative estimate of drug-likeness (QED) is 0.410. The smallest absolute Gasteiger partial charge is 0.423 e. The molecule has 1 aromatic rings. The van der Waals surface area contributed by atoms with Gasteiger partial charge in [-0.2, -0.15) is 5.10 Å². The Morgan fingerprint density at radius 3 is 3.17 bits per heavy atom. The number of hydrogen-bond acceptors (Lipinski definition) is 4. The van der Waals surface area contributed by atoms with Gasteiger partial charge in [-0.25, -0.2) is 0 Å². The van der Waals surface area contributed by atoms with E-state index in [1.807, 2.05) is 0 Å². The Hall–Kier alpha value is -0.845. The second-order valence-electron chi connectivity index (χ2n) is 2.82. The highest BCUT2D eigenvalue weighted by atomic mass is 16.4. The molecule has 0 saturated heterocycles. The van der Waals surface area contributed by atoms with Crippen LogP contribution in [0.2, 0.25) is 0 Å². The molecule has 2 rings (SSSR count). The SMILES string of the molecule is OB(O)c1cnn2c1CNCC2. The third-order valence-electron chi connectivity index (χ3n) is 2.05. The first-order valence-corrected chi connectivity index (χ1v) is 3.90. The van der Waals surface area contributed by atoms with Crippen LogP contribution in [-0.2, 0) is 13.1 Å². The van der Waals surface area contributed by atoms with E-state index in [1.54, 1.807) is 4.68 Å². The standard InChI is InChI=1S/C6H10BN3O2/c11-7(12)5-3-9-10-2-1-8-4-6(5)10/h3,8,11-12H,1-2,4H2. The molecule has 0 aromatic carbocycles. The van der Waals surface area contributed by atoms with Gasteiger partial charge in [0.05, 0.1) is 12.2 Å². The molecule has 0 spiro atoms. The first-order valence-electron chi connectivity index (χ1n) is 3.90. The Balaban J connectivity index is 2.38. The highest BCUT2D eigenvalue weighted by Crippen LogP contribution is 2.00. The molecule has 1 aliphatic rings. The van der Waals surface area contributed by atoms with Gasteiger partial charge in [-0.05, 0) is 0 Å². The summed E-state index contributed by atoms with van der Waals surface area (Å²) in [7, 11) is -1.41. The molecule has 0 bridgehead atoms. The van der Waals surface area contributed by atoms with Gasteiger partial charge in [0.1, 0.15) is 0 Å². The summed E-state index contributed by atoms with van der Waals surface area (Å²) in [6.45, 7) is 2.34. The topological polar surface area (TPSA) is 70.3 Å². The average Bonchev–Trinajstić information content (AvgIpc) is 2.47. The lowest BCUT2D eigenvalue weighted by Crippen LogP contribution is -2.38. The monoisotopic (exact) mass is 167 g/mol. The third-order valence-corrected chi connectivity index (χ3v) is 2.05. The van der Waals surface area contributed by atoms with Crippen molar-refractivity contribution in [3.05, 3.63) is 11.9 Å². The van der Waals surface area contributed by atoms with Crippen molar-refractivity contribution >= 4 is 12.6 Å². The van der Waals surface area contributed by atoms with Crippen LogP contribution in [0.3, 0.4) is 0 Å². The third kappa shape index (κ3) is 1.14. The van der Waals surface area contributed by atoms with Crippen molar-refractivity contribution in [1.29, 1.82) is 0 Å². The lowest BCUT2D eigenvalue weighted by atomic mass is 9.80. The molecule has 0 atom stereocenters. The zero-order valence-corrected chi connectivity index (χ0v) is 6.56. The average molecular weight is 167 g/mol. The highest BCUT2D eigenvalue weighted by molar-refractivity contribution is 6.59. The summed E-state index contributed by atoms with van der Waals surface area (Å²) in [4.78, 5) is 0. The van der Waals surface area contributed by atoms with Gasteiger partial charge in [-0.1, -0.05) is 0 Å². The van der Waals surface area contributed by atoms with Crippen LogP contribution in [0.15, 0.2) is 6.20 Å². The largest absolute Gasteiger partial charge is 0.492 e. The van der Waals surface area contributed by atoms with Gasteiger partial charge in [-0.3, -0.25) is 4.68 Å². The molecule has 1 aromatic heterocycles. The van der Waals surface area contributed by atoms with E-state index < -0.39 is 7.12 Å². The van der Waals surface area contributed by atoms with Gasteiger partial charge in [0.2, 0.25) is 0 Å². The van der Waals surface area contributed by atoms with E-state index in [4.69, 9.17) is 10.0 Å². The molecule has 3 N–H and O–H groups in total. The summed E-state index contributed by atoms with van der Waals surface area (Å²) in [6, 6.07) is 0. The van der Waals surface area contributed by atoms with Crippen LogP contribution in [0.1, 0.15) is 5.69 Å². The summed E-state index contributed by atoms with van der Waals surface area (Å²) in [6.07, 6.45) is 1.51. The fourth-order valence-corrected chi connectivity index (χ4v) is 1.42. The van der Waals surface area contributed by atoms with E-state index in [9.17, 15) is 0 Å². The van der Waals surface area contributed by atoms with Gasteiger partial charge in [0, 0.05) is 24.7 Å². The summed E-state index contributed by atoms with van der Waals surface area (Å²) in [5.41, 5.74) is 1.37. The number of nitrogens with zero attached hydrogens (tertiary/aromatic N) is 2. The lowest BCUT2D eigenvalue weighted by molar-refractivity contribution is 0.423. The van der Waals surface area contributed by atoms with Crippen molar-refractivity contribution in [1.82, 2.24) is 15.1 Å². The van der Waals surface area contributed by atoms with Crippen molar-refractivity contribution in [2.45, 2.75) is 13.1 Å². The summed E-state index contributed by atoms with van der Waals surface area (Å²) < 4.78 is 1.80. The maximum Gasteiger partial charge on any atom is 0.492 e. The predicted molar refractivity (Wildman–Crippen MR) is 43.8 cm³/mol. The predicted octanol–water partition coefficient (Wildman–Crippen LogP) is -2.33. The molecule has 2 heterocycles. The van der Waals surface area contributed by atoms with Gasteiger partial charge in [0.15, 0.2) is 0 Å². The number of rotatable bonds is 1. The van der Waals surface area contributed by atoms with Crippen molar-refractivity contribution in [2.24, 2.45) is 0 Å². The highest BCUT2D eigenvalue weighted by Gasteiger charge is 2.22. The van der Waals surface area contributed by atoms with E-state index in [0.717, 1.165) is 18.8 Å². The molecule has 12 heavy (non-hydrogen) atoms. The molecule has 6 heteroatoms. The minimum absolute atomic E-state index is 0.502. The van der Waals surface area contributed by atoms with E-state index in [2.05, 4.69) is 10.4 Å². The molecule has 1 aliphatic heterocycles. The Morgan fingerprint density at radius 1 is 1.58 bits per heavy atom. The fraction of sp³-hybridized carbons (Fsp3) is 0.500. The van der Waals surface area contributed by atoms with Crippen molar-refractivity contribution in [3.8, 4) is 0 Å². The fourth-order valence-electron chi connectivity index (χ4n) is 1.42. The van der Waals surface area contributed by atoms with Gasteiger partial charge >= 0.3 is 7.12 Å². The molecule has 5 nitrogen and oxygen atoms in total. The molecule has 0 amide bonds. The molecular formula is C6H10BN3O2. The van der Waals surface area contributed by atoms with E-state index in [0.29, 0.717) is 12.0 Å². The molecule has 0 aliphatic carbocycles. The maximum atomic E-state index is 8.94. The molecular weight excluding hydrogens is 157 g/mol. The molecule has 0 saturated carbocycles. The van der Waals surface area contributed by atoms with Crippen molar-refractivity contribution in [2.75, 3.05) is 6.54 Å². The molecule has 0 unspecified atom stereocenters. The first kappa shape index (κ1) is 7.79. The molecule has 64 valence electrons. The zero-order valence-electron chi connectivity index (χ0n) is 6.56.